The lowest BCUT2D eigenvalue weighted by Gasteiger charge is -2.46. The number of rotatable bonds is 0. The predicted octanol–water partition coefficient (Wildman–Crippen LogP) is 2.22. The van der Waals surface area contributed by atoms with Crippen LogP contribution in [0.4, 0.5) is 4.79 Å². The molecule has 0 aromatic carbocycles. The van der Waals surface area contributed by atoms with E-state index in [0.717, 1.165) is 6.42 Å². The number of Topliss-reactive ketones (excluding diaryl/α,β-unsaturated/α-hetero) is 1. The molecular weight excluding hydrogens is 218 g/mol. The molecule has 0 radical (unpaired) electrons. The van der Waals surface area contributed by atoms with Gasteiger partial charge in [0.05, 0.1) is 5.41 Å². The van der Waals surface area contributed by atoms with Crippen molar-refractivity contribution in [2.75, 3.05) is 13.1 Å². The van der Waals surface area contributed by atoms with Crippen molar-refractivity contribution in [1.82, 2.24) is 4.90 Å². The van der Waals surface area contributed by atoms with Crippen LogP contribution in [0.15, 0.2) is 0 Å². The lowest BCUT2D eigenvalue weighted by Crippen LogP contribution is -2.61. The van der Waals surface area contributed by atoms with Crippen LogP contribution >= 0.6 is 0 Å². The summed E-state index contributed by atoms with van der Waals surface area (Å²) in [7, 11) is 0. The zero-order chi connectivity index (χ0) is 12.8. The van der Waals surface area contributed by atoms with Crippen molar-refractivity contribution in [1.29, 1.82) is 0 Å². The highest BCUT2D eigenvalue weighted by atomic mass is 16.6. The fourth-order valence-electron chi connectivity index (χ4n) is 2.83. The Labute approximate surface area is 102 Å². The molecule has 1 heterocycles. The topological polar surface area (TPSA) is 46.6 Å². The second-order valence-electron chi connectivity index (χ2n) is 6.55. The Morgan fingerprint density at radius 3 is 2.41 bits per heavy atom. The van der Waals surface area contributed by atoms with Crippen LogP contribution < -0.4 is 0 Å². The van der Waals surface area contributed by atoms with Crippen molar-refractivity contribution in [3.05, 3.63) is 0 Å². The largest absolute Gasteiger partial charge is 0.444 e. The van der Waals surface area contributed by atoms with Gasteiger partial charge in [-0.2, -0.15) is 0 Å². The molecule has 4 nitrogen and oxygen atoms in total. The van der Waals surface area contributed by atoms with Crippen molar-refractivity contribution in [2.24, 2.45) is 11.3 Å². The molecule has 2 aliphatic rings. The average molecular weight is 239 g/mol. The van der Waals surface area contributed by atoms with Crippen molar-refractivity contribution in [3.8, 4) is 0 Å². The Morgan fingerprint density at radius 2 is 2.00 bits per heavy atom. The van der Waals surface area contributed by atoms with Crippen LogP contribution in [0, 0.1) is 11.3 Å². The number of ketones is 1. The molecule has 4 heteroatoms. The molecule has 1 saturated carbocycles. The van der Waals surface area contributed by atoms with Gasteiger partial charge in [-0.25, -0.2) is 4.79 Å². The zero-order valence-corrected chi connectivity index (χ0v) is 11.1. The SMILES string of the molecule is CC1CC(=O)C2(C1)CN(C(=O)OC(C)(C)C)C2. The maximum absolute atomic E-state index is 11.9. The number of carbonyl (C=O) groups excluding carboxylic acids is 2. The van der Waals surface area contributed by atoms with Crippen LogP contribution in [-0.4, -0.2) is 35.5 Å². The fourth-order valence-corrected chi connectivity index (χ4v) is 2.83. The number of amides is 1. The summed E-state index contributed by atoms with van der Waals surface area (Å²) in [6, 6.07) is 0. The summed E-state index contributed by atoms with van der Waals surface area (Å²) in [5, 5.41) is 0. The molecule has 0 aromatic rings. The fraction of sp³-hybridized carbons (Fsp3) is 0.846. The van der Waals surface area contributed by atoms with Gasteiger partial charge in [0.1, 0.15) is 11.4 Å². The van der Waals surface area contributed by atoms with Gasteiger partial charge in [0, 0.05) is 19.5 Å². The maximum Gasteiger partial charge on any atom is 0.410 e. The third-order valence-electron chi connectivity index (χ3n) is 3.50. The standard InChI is InChI=1S/C13H21NO3/c1-9-5-10(15)13(6-9)7-14(8-13)11(16)17-12(2,3)4/h9H,5-8H2,1-4H3. The summed E-state index contributed by atoms with van der Waals surface area (Å²) in [4.78, 5) is 25.3. The number of ether oxygens (including phenoxy) is 1. The van der Waals surface area contributed by atoms with Gasteiger partial charge in [0.2, 0.25) is 0 Å². The van der Waals surface area contributed by atoms with Crippen LogP contribution in [-0.2, 0) is 9.53 Å². The Bertz CT molecular complexity index is 350. The van der Waals surface area contributed by atoms with Crippen LogP contribution in [0.5, 0.6) is 0 Å². The molecule has 1 aliphatic heterocycles. The quantitative estimate of drug-likeness (QED) is 0.651. The summed E-state index contributed by atoms with van der Waals surface area (Å²) in [6.45, 7) is 8.74. The van der Waals surface area contributed by atoms with Gasteiger partial charge < -0.3 is 9.64 Å². The third kappa shape index (κ3) is 2.31. The van der Waals surface area contributed by atoms with E-state index < -0.39 is 5.60 Å². The number of likely N-dealkylation sites (tertiary alicyclic amines) is 1. The molecule has 1 unspecified atom stereocenters. The van der Waals surface area contributed by atoms with Crippen LogP contribution in [0.1, 0.15) is 40.5 Å². The highest BCUT2D eigenvalue weighted by Crippen LogP contribution is 2.45. The summed E-state index contributed by atoms with van der Waals surface area (Å²) < 4.78 is 5.28. The molecule has 1 saturated heterocycles. The second kappa shape index (κ2) is 3.72. The normalized spacial score (nSPS) is 27.2. The Kier molecular flexibility index (Phi) is 2.71. The minimum Gasteiger partial charge on any atom is -0.444 e. The first kappa shape index (κ1) is 12.4. The van der Waals surface area contributed by atoms with Gasteiger partial charge in [0.15, 0.2) is 0 Å². The highest BCUT2D eigenvalue weighted by molar-refractivity contribution is 5.90. The molecule has 17 heavy (non-hydrogen) atoms. The van der Waals surface area contributed by atoms with Crippen molar-refractivity contribution >= 4 is 11.9 Å². The number of hydrogen-bond acceptors (Lipinski definition) is 3. The number of nitrogens with zero attached hydrogens (tertiary/aromatic N) is 1. The molecule has 0 N–H and O–H groups in total. The maximum atomic E-state index is 11.9. The molecule has 2 fully saturated rings. The van der Waals surface area contributed by atoms with Crippen LogP contribution in [0.3, 0.4) is 0 Å². The van der Waals surface area contributed by atoms with Gasteiger partial charge in [-0.1, -0.05) is 6.92 Å². The van der Waals surface area contributed by atoms with Crippen molar-refractivity contribution in [3.63, 3.8) is 0 Å². The second-order valence-corrected chi connectivity index (χ2v) is 6.55. The van der Waals surface area contributed by atoms with E-state index >= 15 is 0 Å². The van der Waals surface area contributed by atoms with E-state index in [0.29, 0.717) is 31.2 Å². The first-order valence-corrected chi connectivity index (χ1v) is 6.23. The first-order valence-electron chi connectivity index (χ1n) is 6.23. The molecule has 1 spiro atoms. The molecule has 1 amide bonds. The Balaban J connectivity index is 1.91. The summed E-state index contributed by atoms with van der Waals surface area (Å²) in [5.41, 5.74) is -0.705. The van der Waals surface area contributed by atoms with E-state index in [1.54, 1.807) is 4.90 Å². The highest BCUT2D eigenvalue weighted by Gasteiger charge is 2.55. The van der Waals surface area contributed by atoms with Crippen molar-refractivity contribution < 1.29 is 14.3 Å². The molecule has 96 valence electrons. The Hall–Kier alpha value is -1.06. The molecule has 1 aliphatic carbocycles. The van der Waals surface area contributed by atoms with Gasteiger partial charge in [-0.15, -0.1) is 0 Å². The average Bonchev–Trinajstić information content (AvgIpc) is 2.34. The predicted molar refractivity (Wildman–Crippen MR) is 63.6 cm³/mol. The minimum atomic E-state index is -0.465. The van der Waals surface area contributed by atoms with E-state index in [9.17, 15) is 9.59 Å². The number of hydrogen-bond donors (Lipinski definition) is 0. The van der Waals surface area contributed by atoms with Gasteiger partial charge >= 0.3 is 6.09 Å². The van der Waals surface area contributed by atoms with Crippen molar-refractivity contribution in [2.45, 2.75) is 46.1 Å². The minimum absolute atomic E-state index is 0.240. The molecule has 0 aromatic heterocycles. The van der Waals surface area contributed by atoms with Gasteiger partial charge in [-0.3, -0.25) is 4.79 Å². The van der Waals surface area contributed by atoms with E-state index in [1.165, 1.54) is 0 Å². The van der Waals surface area contributed by atoms with Gasteiger partial charge in [0.25, 0.3) is 0 Å². The summed E-state index contributed by atoms with van der Waals surface area (Å²) in [5.74, 6) is 0.785. The molecular formula is C13H21NO3. The lowest BCUT2D eigenvalue weighted by atomic mass is 9.77. The van der Waals surface area contributed by atoms with Crippen LogP contribution in [0.2, 0.25) is 0 Å². The van der Waals surface area contributed by atoms with E-state index in [1.807, 2.05) is 20.8 Å². The summed E-state index contributed by atoms with van der Waals surface area (Å²) in [6.07, 6.45) is 1.29. The van der Waals surface area contributed by atoms with Gasteiger partial charge in [-0.05, 0) is 33.1 Å². The summed E-state index contributed by atoms with van der Waals surface area (Å²) >= 11 is 0. The Morgan fingerprint density at radius 1 is 1.41 bits per heavy atom. The van der Waals surface area contributed by atoms with E-state index in [2.05, 4.69) is 6.92 Å². The first-order chi connectivity index (χ1) is 7.72. The third-order valence-corrected chi connectivity index (χ3v) is 3.50. The molecule has 0 bridgehead atoms. The van der Waals surface area contributed by atoms with E-state index in [-0.39, 0.29) is 11.5 Å². The molecule has 1 atom stereocenters. The van der Waals surface area contributed by atoms with Crippen LogP contribution in [0.25, 0.3) is 0 Å². The zero-order valence-electron chi connectivity index (χ0n) is 11.1. The smallest absolute Gasteiger partial charge is 0.410 e. The van der Waals surface area contributed by atoms with E-state index in [4.69, 9.17) is 4.74 Å². The monoisotopic (exact) mass is 239 g/mol. The number of carbonyl (C=O) groups is 2. The lowest BCUT2D eigenvalue weighted by molar-refractivity contribution is -0.134. The molecule has 2 rings (SSSR count).